The number of fused-ring (bicyclic) bond motifs is 7. The van der Waals surface area contributed by atoms with Crippen LogP contribution in [0, 0.1) is 28.6 Å². The van der Waals surface area contributed by atoms with Gasteiger partial charge in [-0.2, -0.15) is 0 Å². The van der Waals surface area contributed by atoms with Crippen molar-refractivity contribution in [1.29, 1.82) is 0 Å². The van der Waals surface area contributed by atoms with Gasteiger partial charge in [0.15, 0.2) is 23.5 Å². The second-order valence-corrected chi connectivity index (χ2v) is 12.9. The molecule has 9 nitrogen and oxygen atoms in total. The summed E-state index contributed by atoms with van der Waals surface area (Å²) in [7, 11) is 1.70. The van der Waals surface area contributed by atoms with Crippen molar-refractivity contribution in [2.75, 3.05) is 20.2 Å². The van der Waals surface area contributed by atoms with E-state index in [2.05, 4.69) is 31.4 Å². The molecule has 5 rings (SSSR count). The molecule has 4 fully saturated rings. The Morgan fingerprint density at radius 1 is 1.27 bits per heavy atom. The maximum Gasteiger partial charge on any atom is 0.235 e. The molecule has 4 aliphatic carbocycles. The Hall–Kier alpha value is -1.91. The lowest BCUT2D eigenvalue weighted by Gasteiger charge is -2.59. The molecule has 0 radical (unpaired) electrons. The molecule has 40 heavy (non-hydrogen) atoms. The zero-order valence-corrected chi connectivity index (χ0v) is 24.5. The first kappa shape index (κ1) is 29.6. The van der Waals surface area contributed by atoms with Crippen LogP contribution in [0.15, 0.2) is 23.8 Å². The molecule has 0 aromatic rings. The summed E-state index contributed by atoms with van der Waals surface area (Å²) in [4.78, 5) is 38.6. The summed E-state index contributed by atoms with van der Waals surface area (Å²) in [6.45, 7) is 8.16. The van der Waals surface area contributed by atoms with Crippen molar-refractivity contribution >= 4 is 17.5 Å². The van der Waals surface area contributed by atoms with E-state index in [9.17, 15) is 19.5 Å². The zero-order chi connectivity index (χ0) is 28.9. The third-order valence-electron chi connectivity index (χ3n) is 10.7. The molecule has 3 N–H and O–H groups in total. The van der Waals surface area contributed by atoms with Gasteiger partial charge in [-0.15, -0.1) is 0 Å². The van der Waals surface area contributed by atoms with Crippen LogP contribution in [0.3, 0.4) is 0 Å². The number of ketones is 2. The van der Waals surface area contributed by atoms with Gasteiger partial charge in [0, 0.05) is 16.7 Å². The fourth-order valence-corrected chi connectivity index (χ4v) is 8.94. The Kier molecular flexibility index (Phi) is 8.18. The Balaban J connectivity index is 1.44. The third-order valence-corrected chi connectivity index (χ3v) is 10.7. The number of carbonyl (C=O) groups excluding carboxylic acids is 3. The van der Waals surface area contributed by atoms with E-state index < -0.39 is 35.7 Å². The maximum atomic E-state index is 14.3. The molecule has 1 aliphatic heterocycles. The average Bonchev–Trinajstić information content (AvgIpc) is 3.39. The van der Waals surface area contributed by atoms with E-state index in [1.54, 1.807) is 19.2 Å². The molecule has 0 aromatic carbocycles. The highest BCUT2D eigenvalue weighted by atomic mass is 16.7. The maximum absolute atomic E-state index is 14.3. The molecule has 1 amide bonds. The standard InChI is InChI=1S/C31H46N2O7/c1-6-8-27-39-24-14-21-20-10-9-18-13-19(34)11-12-29(18,3)28(20)22(35)15-30(21,4)31(24,40-27)23(36)17-38-26(7-2)33-25(37)16-32-5/h11-13,20-22,24,26-28,32,35H,6-10,14-17H2,1-5H3,(H,33,37)/t20-,21-,22-,24+,26?,27?,28+,29-,30-,31+/m0/s1. The van der Waals surface area contributed by atoms with E-state index in [0.29, 0.717) is 25.7 Å². The summed E-state index contributed by atoms with van der Waals surface area (Å²) in [5, 5.41) is 17.5. The van der Waals surface area contributed by atoms with Crippen LogP contribution in [0.2, 0.25) is 0 Å². The number of rotatable bonds is 10. The molecule has 2 unspecified atom stereocenters. The number of Topliss-reactive ketones (excluding diaryl/α,β-unsaturated/α-hetero) is 1. The van der Waals surface area contributed by atoms with Crippen molar-refractivity contribution in [3.8, 4) is 0 Å². The van der Waals surface area contributed by atoms with Crippen molar-refractivity contribution in [2.24, 2.45) is 28.6 Å². The third kappa shape index (κ3) is 4.53. The minimum Gasteiger partial charge on any atom is -0.393 e. The lowest BCUT2D eigenvalue weighted by Crippen LogP contribution is -2.63. The highest BCUT2D eigenvalue weighted by Crippen LogP contribution is 2.69. The molecule has 1 saturated heterocycles. The zero-order valence-electron chi connectivity index (χ0n) is 24.5. The van der Waals surface area contributed by atoms with Crippen LogP contribution in [0.4, 0.5) is 0 Å². The van der Waals surface area contributed by atoms with Gasteiger partial charge in [-0.3, -0.25) is 14.4 Å². The summed E-state index contributed by atoms with van der Waals surface area (Å²) < 4.78 is 19.1. The van der Waals surface area contributed by atoms with E-state index in [-0.39, 0.29) is 53.8 Å². The van der Waals surface area contributed by atoms with Gasteiger partial charge in [-0.25, -0.2) is 0 Å². The molecule has 9 heteroatoms. The lowest BCUT2D eigenvalue weighted by atomic mass is 9.46. The lowest BCUT2D eigenvalue weighted by molar-refractivity contribution is -0.202. The van der Waals surface area contributed by atoms with E-state index in [1.165, 1.54) is 0 Å². The molecular weight excluding hydrogens is 512 g/mol. The van der Waals surface area contributed by atoms with Crippen molar-refractivity contribution in [2.45, 2.75) is 103 Å². The number of ether oxygens (including phenoxy) is 3. The smallest absolute Gasteiger partial charge is 0.235 e. The van der Waals surface area contributed by atoms with Gasteiger partial charge in [-0.05, 0) is 69.6 Å². The van der Waals surface area contributed by atoms with Crippen LogP contribution in [0.25, 0.3) is 0 Å². The number of amides is 1. The van der Waals surface area contributed by atoms with Gasteiger partial charge in [-0.1, -0.05) is 45.8 Å². The molecule has 1 heterocycles. The second-order valence-electron chi connectivity index (χ2n) is 12.9. The van der Waals surface area contributed by atoms with E-state index >= 15 is 0 Å². The van der Waals surface area contributed by atoms with Crippen LogP contribution in [0.1, 0.15) is 72.6 Å². The number of carbonyl (C=O) groups is 3. The first-order valence-electron chi connectivity index (χ1n) is 15.1. The number of likely N-dealkylation sites (N-methyl/N-ethyl adjacent to an activating group) is 1. The molecule has 3 saturated carbocycles. The first-order valence-corrected chi connectivity index (χ1v) is 15.1. The number of hydrogen-bond acceptors (Lipinski definition) is 8. The van der Waals surface area contributed by atoms with Gasteiger partial charge in [0.05, 0.1) is 18.8 Å². The molecule has 10 atom stereocenters. The number of aliphatic hydroxyl groups excluding tert-OH is 1. The summed E-state index contributed by atoms with van der Waals surface area (Å²) in [5.74, 6) is -0.148. The molecule has 0 bridgehead atoms. The highest BCUT2D eigenvalue weighted by molar-refractivity contribution is 6.01. The van der Waals surface area contributed by atoms with Crippen LogP contribution < -0.4 is 10.6 Å². The molecule has 5 aliphatic rings. The minimum atomic E-state index is -1.23. The van der Waals surface area contributed by atoms with E-state index in [4.69, 9.17) is 14.2 Å². The van der Waals surface area contributed by atoms with Crippen molar-refractivity contribution < 1.29 is 33.7 Å². The van der Waals surface area contributed by atoms with Gasteiger partial charge < -0.3 is 30.0 Å². The van der Waals surface area contributed by atoms with Gasteiger partial charge in [0.1, 0.15) is 12.8 Å². The fraction of sp³-hybridized carbons (Fsp3) is 0.774. The molecular formula is C31H46N2O7. The van der Waals surface area contributed by atoms with Crippen molar-refractivity contribution in [3.05, 3.63) is 23.8 Å². The van der Waals surface area contributed by atoms with Crippen molar-refractivity contribution in [1.82, 2.24) is 10.6 Å². The fourth-order valence-electron chi connectivity index (χ4n) is 8.94. The molecule has 222 valence electrons. The second kappa shape index (κ2) is 11.1. The predicted octanol–water partition coefficient (Wildman–Crippen LogP) is 2.81. The van der Waals surface area contributed by atoms with E-state index in [1.807, 2.05) is 13.0 Å². The number of nitrogens with one attached hydrogen (secondary N) is 2. The van der Waals surface area contributed by atoms with Gasteiger partial charge in [0.2, 0.25) is 5.91 Å². The number of hydrogen-bond donors (Lipinski definition) is 3. The largest absolute Gasteiger partial charge is 0.393 e. The summed E-state index contributed by atoms with van der Waals surface area (Å²) in [6, 6.07) is 0. The first-order chi connectivity index (χ1) is 19.0. The molecule has 0 spiro atoms. The Morgan fingerprint density at radius 2 is 2.05 bits per heavy atom. The van der Waals surface area contributed by atoms with Gasteiger partial charge in [0.25, 0.3) is 0 Å². The average molecular weight is 559 g/mol. The normalized spacial score (nSPS) is 42.4. The minimum absolute atomic E-state index is 0.0114. The number of allylic oxidation sites excluding steroid dienone is 4. The van der Waals surface area contributed by atoms with E-state index in [0.717, 1.165) is 24.8 Å². The van der Waals surface area contributed by atoms with Crippen LogP contribution in [0.5, 0.6) is 0 Å². The summed E-state index contributed by atoms with van der Waals surface area (Å²) in [6.07, 6.45) is 8.03. The number of aliphatic hydroxyl groups is 1. The Labute approximate surface area is 237 Å². The van der Waals surface area contributed by atoms with Gasteiger partial charge >= 0.3 is 0 Å². The molecule has 0 aromatic heterocycles. The van der Waals surface area contributed by atoms with Crippen LogP contribution in [-0.4, -0.2) is 73.1 Å². The monoisotopic (exact) mass is 558 g/mol. The Morgan fingerprint density at radius 3 is 2.75 bits per heavy atom. The summed E-state index contributed by atoms with van der Waals surface area (Å²) >= 11 is 0. The van der Waals surface area contributed by atoms with Crippen LogP contribution in [-0.2, 0) is 28.6 Å². The highest BCUT2D eigenvalue weighted by Gasteiger charge is 2.75. The van der Waals surface area contributed by atoms with Crippen molar-refractivity contribution in [3.63, 3.8) is 0 Å². The van der Waals surface area contributed by atoms with Crippen LogP contribution >= 0.6 is 0 Å². The Bertz CT molecular complexity index is 1090. The topological polar surface area (TPSA) is 123 Å². The SMILES string of the molecule is CCCC1O[C@@H]2C[C@H]3[C@@H]4CCC5=CC(=O)C=C[C@]5(C)[C@H]4[C@@H](O)C[C@]3(C)[C@]2(C(=O)COC(CC)NC(=O)CNC)O1. The predicted molar refractivity (Wildman–Crippen MR) is 148 cm³/mol. The quantitative estimate of drug-likeness (QED) is 0.350. The summed E-state index contributed by atoms with van der Waals surface area (Å²) in [5.41, 5.74) is -1.17.